The van der Waals surface area contributed by atoms with E-state index in [-0.39, 0.29) is 12.5 Å². The van der Waals surface area contributed by atoms with Crippen molar-refractivity contribution in [2.45, 2.75) is 45.6 Å². The van der Waals surface area contributed by atoms with Crippen molar-refractivity contribution in [1.82, 2.24) is 9.88 Å². The molecule has 0 bridgehead atoms. The SMILES string of the molecule is Cc1ccc(OCC(=O)Nc2ccc3nc(N4CCC(N5CCCC5)CC4)cc(C)c3c2)s1. The van der Waals surface area contributed by atoms with Crippen LogP contribution in [0.15, 0.2) is 36.4 Å². The minimum Gasteiger partial charge on any atom is -0.474 e. The van der Waals surface area contributed by atoms with E-state index in [1.165, 1.54) is 49.2 Å². The number of likely N-dealkylation sites (tertiary alicyclic amines) is 1. The average molecular weight is 465 g/mol. The summed E-state index contributed by atoms with van der Waals surface area (Å²) in [7, 11) is 0. The molecular weight excluding hydrogens is 432 g/mol. The van der Waals surface area contributed by atoms with Gasteiger partial charge in [0.25, 0.3) is 5.91 Å². The van der Waals surface area contributed by atoms with Crippen molar-refractivity contribution < 1.29 is 9.53 Å². The molecule has 1 N–H and O–H groups in total. The van der Waals surface area contributed by atoms with Gasteiger partial charge in [0.2, 0.25) is 0 Å². The predicted octanol–water partition coefficient (Wildman–Crippen LogP) is 5.00. The fourth-order valence-electron chi connectivity index (χ4n) is 5.01. The van der Waals surface area contributed by atoms with E-state index < -0.39 is 0 Å². The molecule has 2 aliphatic rings. The molecule has 1 amide bonds. The van der Waals surface area contributed by atoms with Gasteiger partial charge >= 0.3 is 0 Å². The van der Waals surface area contributed by atoms with Gasteiger partial charge in [0.05, 0.1) is 5.52 Å². The Balaban J connectivity index is 1.22. The van der Waals surface area contributed by atoms with Gasteiger partial charge in [0, 0.05) is 35.1 Å². The molecule has 33 heavy (non-hydrogen) atoms. The number of hydrogen-bond donors (Lipinski definition) is 1. The zero-order valence-corrected chi connectivity index (χ0v) is 20.3. The summed E-state index contributed by atoms with van der Waals surface area (Å²) < 4.78 is 5.58. The van der Waals surface area contributed by atoms with E-state index >= 15 is 0 Å². The number of aromatic nitrogens is 1. The fourth-order valence-corrected chi connectivity index (χ4v) is 5.71. The lowest BCUT2D eigenvalue weighted by molar-refractivity contribution is -0.118. The van der Waals surface area contributed by atoms with Crippen molar-refractivity contribution in [3.63, 3.8) is 0 Å². The smallest absolute Gasteiger partial charge is 0.262 e. The maximum absolute atomic E-state index is 12.3. The lowest BCUT2D eigenvalue weighted by Gasteiger charge is -2.37. The maximum atomic E-state index is 12.3. The number of carbonyl (C=O) groups is 1. The number of rotatable bonds is 6. The lowest BCUT2D eigenvalue weighted by atomic mass is 10.0. The average Bonchev–Trinajstić information content (AvgIpc) is 3.50. The first kappa shape index (κ1) is 22.2. The molecule has 6 nitrogen and oxygen atoms in total. The number of hydrogen-bond acceptors (Lipinski definition) is 6. The predicted molar refractivity (Wildman–Crippen MR) is 136 cm³/mol. The van der Waals surface area contributed by atoms with Crippen LogP contribution in [-0.4, -0.2) is 54.6 Å². The number of thiophene rings is 1. The second-order valence-electron chi connectivity index (χ2n) is 9.19. The summed E-state index contributed by atoms with van der Waals surface area (Å²) >= 11 is 1.54. The van der Waals surface area contributed by atoms with Crippen LogP contribution in [-0.2, 0) is 4.79 Å². The highest BCUT2D eigenvalue weighted by Crippen LogP contribution is 2.29. The van der Waals surface area contributed by atoms with E-state index in [4.69, 9.17) is 9.72 Å². The molecule has 0 unspecified atom stereocenters. The van der Waals surface area contributed by atoms with Gasteiger partial charge in [-0.25, -0.2) is 4.98 Å². The molecular formula is C26H32N4O2S. The van der Waals surface area contributed by atoms with Gasteiger partial charge in [-0.05, 0) is 94.6 Å². The summed E-state index contributed by atoms with van der Waals surface area (Å²) in [6, 6.07) is 12.7. The number of carbonyl (C=O) groups excluding carboxylic acids is 1. The molecule has 7 heteroatoms. The highest BCUT2D eigenvalue weighted by Gasteiger charge is 2.27. The molecule has 2 aromatic heterocycles. The highest BCUT2D eigenvalue weighted by molar-refractivity contribution is 7.13. The minimum absolute atomic E-state index is 0.00153. The van der Waals surface area contributed by atoms with Gasteiger partial charge in [0.15, 0.2) is 11.7 Å². The van der Waals surface area contributed by atoms with Crippen LogP contribution in [0.2, 0.25) is 0 Å². The van der Waals surface area contributed by atoms with Crippen molar-refractivity contribution in [3.8, 4) is 5.06 Å². The Bertz CT molecular complexity index is 1130. The molecule has 2 fully saturated rings. The zero-order chi connectivity index (χ0) is 22.8. The molecule has 0 spiro atoms. The summed E-state index contributed by atoms with van der Waals surface area (Å²) in [6.07, 6.45) is 5.15. The second kappa shape index (κ2) is 9.69. The van der Waals surface area contributed by atoms with Crippen LogP contribution in [0.5, 0.6) is 5.06 Å². The monoisotopic (exact) mass is 464 g/mol. The van der Waals surface area contributed by atoms with E-state index in [0.29, 0.717) is 0 Å². The van der Waals surface area contributed by atoms with Crippen molar-refractivity contribution in [3.05, 3.63) is 46.8 Å². The molecule has 0 saturated carbocycles. The Morgan fingerprint density at radius 2 is 1.88 bits per heavy atom. The van der Waals surface area contributed by atoms with Gasteiger partial charge in [0.1, 0.15) is 5.82 Å². The van der Waals surface area contributed by atoms with E-state index in [1.807, 2.05) is 37.3 Å². The van der Waals surface area contributed by atoms with Crippen molar-refractivity contribution in [2.75, 3.05) is 43.0 Å². The van der Waals surface area contributed by atoms with Crippen LogP contribution in [0, 0.1) is 13.8 Å². The third-order valence-electron chi connectivity index (χ3n) is 6.79. The summed E-state index contributed by atoms with van der Waals surface area (Å²) in [5.74, 6) is 0.903. The summed E-state index contributed by atoms with van der Waals surface area (Å²) in [4.78, 5) is 23.6. The van der Waals surface area contributed by atoms with E-state index in [1.54, 1.807) is 11.3 Å². The van der Waals surface area contributed by atoms with Crippen LogP contribution in [0.1, 0.15) is 36.1 Å². The second-order valence-corrected chi connectivity index (χ2v) is 10.4. The fraction of sp³-hybridized carbons (Fsp3) is 0.462. The Kier molecular flexibility index (Phi) is 6.51. The number of aryl methyl sites for hydroxylation is 2. The molecule has 174 valence electrons. The number of piperidine rings is 1. The van der Waals surface area contributed by atoms with Crippen molar-refractivity contribution in [2.24, 2.45) is 0 Å². The topological polar surface area (TPSA) is 57.7 Å². The van der Waals surface area contributed by atoms with Gasteiger partial charge in [-0.15, -0.1) is 11.3 Å². The largest absolute Gasteiger partial charge is 0.474 e. The van der Waals surface area contributed by atoms with Gasteiger partial charge in [-0.2, -0.15) is 0 Å². The van der Waals surface area contributed by atoms with E-state index in [0.717, 1.165) is 46.6 Å². The Labute approximate surface area is 199 Å². The number of amides is 1. The molecule has 0 radical (unpaired) electrons. The molecule has 5 rings (SSSR count). The summed E-state index contributed by atoms with van der Waals surface area (Å²) in [5, 5.41) is 4.78. The van der Waals surface area contributed by atoms with Crippen LogP contribution >= 0.6 is 11.3 Å². The third kappa shape index (κ3) is 5.14. The van der Waals surface area contributed by atoms with Gasteiger partial charge in [-0.1, -0.05) is 0 Å². The molecule has 0 atom stereocenters. The van der Waals surface area contributed by atoms with Crippen LogP contribution < -0.4 is 15.0 Å². The number of nitrogens with one attached hydrogen (secondary N) is 1. The molecule has 1 aromatic carbocycles. The Hall–Kier alpha value is -2.64. The number of benzene rings is 1. The normalized spacial score (nSPS) is 17.6. The van der Waals surface area contributed by atoms with Crippen LogP contribution in [0.25, 0.3) is 10.9 Å². The maximum Gasteiger partial charge on any atom is 0.262 e. The molecule has 4 heterocycles. The Morgan fingerprint density at radius 1 is 1.09 bits per heavy atom. The molecule has 2 saturated heterocycles. The number of anilines is 2. The first-order chi connectivity index (χ1) is 16.0. The molecule has 0 aliphatic carbocycles. The van der Waals surface area contributed by atoms with Crippen LogP contribution in [0.4, 0.5) is 11.5 Å². The van der Waals surface area contributed by atoms with Crippen molar-refractivity contribution in [1.29, 1.82) is 0 Å². The zero-order valence-electron chi connectivity index (χ0n) is 19.5. The standard InChI is InChI=1S/C26H32N4O2S/c1-18-15-24(30-13-9-21(10-14-30)29-11-3-4-12-29)28-23-7-6-20(16-22(18)23)27-25(31)17-32-26-8-5-19(2)33-26/h5-8,15-16,21H,3-4,9-14,17H2,1-2H3,(H,27,31). The van der Waals surface area contributed by atoms with E-state index in [2.05, 4.69) is 28.1 Å². The lowest BCUT2D eigenvalue weighted by Crippen LogP contribution is -2.44. The highest BCUT2D eigenvalue weighted by atomic mass is 32.1. The third-order valence-corrected chi connectivity index (χ3v) is 7.71. The van der Waals surface area contributed by atoms with Gasteiger partial charge in [-0.3, -0.25) is 4.79 Å². The number of pyridine rings is 1. The quantitative estimate of drug-likeness (QED) is 0.557. The minimum atomic E-state index is -0.163. The summed E-state index contributed by atoms with van der Waals surface area (Å²) in [6.45, 7) is 8.83. The number of ether oxygens (including phenoxy) is 1. The van der Waals surface area contributed by atoms with Gasteiger partial charge < -0.3 is 19.9 Å². The molecule has 2 aliphatic heterocycles. The first-order valence-corrected chi connectivity index (χ1v) is 12.8. The Morgan fingerprint density at radius 3 is 2.61 bits per heavy atom. The summed E-state index contributed by atoms with van der Waals surface area (Å²) in [5.41, 5.74) is 2.91. The number of fused-ring (bicyclic) bond motifs is 1. The van der Waals surface area contributed by atoms with E-state index in [9.17, 15) is 4.79 Å². The first-order valence-electron chi connectivity index (χ1n) is 11.9. The molecule has 3 aromatic rings. The van der Waals surface area contributed by atoms with Crippen LogP contribution in [0.3, 0.4) is 0 Å². The number of nitrogens with zero attached hydrogens (tertiary/aromatic N) is 3. The van der Waals surface area contributed by atoms with Crippen molar-refractivity contribution >= 4 is 39.7 Å².